The van der Waals surface area contributed by atoms with E-state index in [1.54, 1.807) is 24.8 Å². The highest BCUT2D eigenvalue weighted by molar-refractivity contribution is 7.15. The van der Waals surface area contributed by atoms with E-state index >= 15 is 0 Å². The molecule has 2 aromatic heterocycles. The first-order valence-corrected chi connectivity index (χ1v) is 11.3. The number of hydrogen-bond acceptors (Lipinski definition) is 6. The number of fused-ring (bicyclic) bond motifs is 1. The minimum absolute atomic E-state index is 0.197. The number of aromatic nitrogens is 3. The number of ether oxygens (including phenoxy) is 1. The van der Waals surface area contributed by atoms with Crippen molar-refractivity contribution >= 4 is 22.2 Å². The molecule has 0 bridgehead atoms. The van der Waals surface area contributed by atoms with Crippen LogP contribution in [0.25, 0.3) is 5.69 Å². The molecule has 1 N–H and O–H groups in total. The summed E-state index contributed by atoms with van der Waals surface area (Å²) in [7, 11) is 1.67. The number of methoxy groups -OCH3 is 1. The first kappa shape index (κ1) is 20.7. The summed E-state index contributed by atoms with van der Waals surface area (Å²) in [6.07, 6.45) is 4.67. The van der Waals surface area contributed by atoms with E-state index in [0.717, 1.165) is 65.3 Å². The van der Waals surface area contributed by atoms with Crippen molar-refractivity contribution in [3.63, 3.8) is 0 Å². The van der Waals surface area contributed by atoms with Gasteiger partial charge in [-0.05, 0) is 36.8 Å². The van der Waals surface area contributed by atoms with Gasteiger partial charge in [0.1, 0.15) is 11.6 Å². The lowest BCUT2D eigenvalue weighted by Crippen LogP contribution is -2.29. The summed E-state index contributed by atoms with van der Waals surface area (Å²) in [4.78, 5) is 12.8. The molecule has 0 unspecified atom stereocenters. The highest BCUT2D eigenvalue weighted by Crippen LogP contribution is 2.33. The van der Waals surface area contributed by atoms with E-state index in [-0.39, 0.29) is 5.82 Å². The fraction of sp³-hybridized carbons (Fsp3) is 0.250. The number of rotatable bonds is 6. The Labute approximate surface area is 190 Å². The Bertz CT molecular complexity index is 1230. The van der Waals surface area contributed by atoms with Crippen molar-refractivity contribution in [1.29, 1.82) is 0 Å². The Morgan fingerprint density at radius 1 is 1.19 bits per heavy atom. The molecule has 6 nitrogen and oxygen atoms in total. The minimum Gasteiger partial charge on any atom is -0.494 e. The van der Waals surface area contributed by atoms with E-state index in [2.05, 4.69) is 15.2 Å². The number of thiazole rings is 1. The van der Waals surface area contributed by atoms with Crippen LogP contribution in [-0.2, 0) is 19.5 Å². The highest BCUT2D eigenvalue weighted by Gasteiger charge is 2.21. The maximum Gasteiger partial charge on any atom is 0.187 e. The quantitative estimate of drug-likeness (QED) is 0.445. The summed E-state index contributed by atoms with van der Waals surface area (Å²) in [6.45, 7) is 4.57. The second-order valence-corrected chi connectivity index (χ2v) is 8.99. The van der Waals surface area contributed by atoms with Gasteiger partial charge >= 0.3 is 0 Å². The van der Waals surface area contributed by atoms with Crippen LogP contribution >= 0.6 is 11.3 Å². The van der Waals surface area contributed by atoms with Crippen LogP contribution in [0.2, 0.25) is 0 Å². The lowest BCUT2D eigenvalue weighted by molar-refractivity contribution is 0.247. The summed E-state index contributed by atoms with van der Waals surface area (Å²) in [5, 5.41) is 4.31. The molecule has 32 heavy (non-hydrogen) atoms. The maximum atomic E-state index is 13.2. The Morgan fingerprint density at radius 2 is 2.03 bits per heavy atom. The lowest BCUT2D eigenvalue weighted by atomic mass is 10.1. The molecule has 0 spiro atoms. The van der Waals surface area contributed by atoms with Crippen molar-refractivity contribution in [2.45, 2.75) is 26.4 Å². The molecule has 0 atom stereocenters. The lowest BCUT2D eigenvalue weighted by Gasteiger charge is -2.25. The third-order valence-electron chi connectivity index (χ3n) is 5.55. The van der Waals surface area contributed by atoms with Gasteiger partial charge in [0, 0.05) is 48.9 Å². The Hall–Kier alpha value is -3.23. The van der Waals surface area contributed by atoms with Crippen LogP contribution in [0.5, 0.6) is 5.75 Å². The number of anilines is 2. The Kier molecular flexibility index (Phi) is 5.63. The number of benzene rings is 2. The van der Waals surface area contributed by atoms with Crippen molar-refractivity contribution in [2.75, 3.05) is 19.0 Å². The van der Waals surface area contributed by atoms with Gasteiger partial charge < -0.3 is 14.6 Å². The molecule has 0 saturated carbocycles. The average Bonchev–Trinajstić information content (AvgIpc) is 3.40. The van der Waals surface area contributed by atoms with Crippen molar-refractivity contribution in [3.05, 3.63) is 82.6 Å². The predicted molar refractivity (Wildman–Crippen MR) is 124 cm³/mol. The highest BCUT2D eigenvalue weighted by atomic mass is 32.1. The molecule has 164 valence electrons. The number of imidazole rings is 1. The van der Waals surface area contributed by atoms with E-state index in [4.69, 9.17) is 9.72 Å². The smallest absolute Gasteiger partial charge is 0.187 e. The summed E-state index contributed by atoms with van der Waals surface area (Å²) in [5.74, 6) is 0.567. The zero-order valence-electron chi connectivity index (χ0n) is 18.0. The molecule has 0 saturated heterocycles. The predicted octanol–water partition coefficient (Wildman–Crippen LogP) is 5.09. The van der Waals surface area contributed by atoms with Gasteiger partial charge in [0.15, 0.2) is 5.13 Å². The number of hydrogen-bond donors (Lipinski definition) is 1. The van der Waals surface area contributed by atoms with Gasteiger partial charge in [-0.15, -0.1) is 11.3 Å². The Morgan fingerprint density at radius 3 is 2.78 bits per heavy atom. The van der Waals surface area contributed by atoms with Gasteiger partial charge in [-0.2, -0.15) is 0 Å². The molecule has 5 rings (SSSR count). The van der Waals surface area contributed by atoms with E-state index in [1.165, 1.54) is 17.0 Å². The van der Waals surface area contributed by atoms with Gasteiger partial charge in [-0.25, -0.2) is 14.4 Å². The van der Waals surface area contributed by atoms with E-state index in [1.807, 2.05) is 48.0 Å². The van der Waals surface area contributed by atoms with Crippen LogP contribution in [0, 0.1) is 12.7 Å². The van der Waals surface area contributed by atoms with E-state index in [9.17, 15) is 4.39 Å². The normalized spacial score (nSPS) is 13.7. The minimum atomic E-state index is -0.197. The molecule has 1 aliphatic rings. The largest absolute Gasteiger partial charge is 0.494 e. The molecule has 8 heteroatoms. The molecule has 1 aliphatic heterocycles. The number of aryl methyl sites for hydroxylation is 1. The van der Waals surface area contributed by atoms with E-state index in [0.29, 0.717) is 0 Å². The third-order valence-corrected chi connectivity index (χ3v) is 6.55. The molecule has 0 aliphatic carbocycles. The zero-order valence-corrected chi connectivity index (χ0v) is 18.8. The van der Waals surface area contributed by atoms with Crippen molar-refractivity contribution in [1.82, 2.24) is 19.4 Å². The van der Waals surface area contributed by atoms with E-state index < -0.39 is 0 Å². The molecular weight excluding hydrogens is 425 g/mol. The van der Waals surface area contributed by atoms with Crippen LogP contribution in [0.4, 0.5) is 15.2 Å². The summed E-state index contributed by atoms with van der Waals surface area (Å²) in [5.41, 5.74) is 5.10. The number of halogens is 1. The second-order valence-electron chi connectivity index (χ2n) is 7.91. The van der Waals surface area contributed by atoms with Gasteiger partial charge in [-0.1, -0.05) is 12.1 Å². The van der Waals surface area contributed by atoms with Gasteiger partial charge in [-0.3, -0.25) is 4.90 Å². The van der Waals surface area contributed by atoms with Crippen LogP contribution in [0.15, 0.2) is 55.0 Å². The Balaban J connectivity index is 1.29. The van der Waals surface area contributed by atoms with Crippen LogP contribution < -0.4 is 10.1 Å². The standard InChI is InChI=1S/C24H24FN5OS/c1-16-12-30(15-26-16)21-8-7-19(11-22(21)31-2)27-24-28-20-9-10-29(14-23(20)32-24)13-17-3-5-18(25)6-4-17/h3-8,11-12,15H,9-10,13-14H2,1-2H3,(H,27,28). The maximum absolute atomic E-state index is 13.2. The molecule has 4 aromatic rings. The first-order valence-electron chi connectivity index (χ1n) is 10.5. The monoisotopic (exact) mass is 449 g/mol. The molecule has 2 aromatic carbocycles. The third kappa shape index (κ3) is 4.37. The van der Waals surface area contributed by atoms with Crippen LogP contribution in [0.3, 0.4) is 0 Å². The molecular formula is C24H24FN5OS. The average molecular weight is 450 g/mol. The van der Waals surface area contributed by atoms with Crippen molar-refractivity contribution < 1.29 is 9.13 Å². The van der Waals surface area contributed by atoms with Crippen LogP contribution in [-0.4, -0.2) is 33.1 Å². The van der Waals surface area contributed by atoms with Gasteiger partial charge in [0.05, 0.1) is 30.5 Å². The van der Waals surface area contributed by atoms with Crippen LogP contribution in [0.1, 0.15) is 21.8 Å². The molecule has 3 heterocycles. The first-order chi connectivity index (χ1) is 15.6. The number of nitrogens with zero attached hydrogens (tertiary/aromatic N) is 4. The summed E-state index contributed by atoms with van der Waals surface area (Å²) in [6, 6.07) is 12.8. The number of nitrogens with one attached hydrogen (secondary N) is 1. The van der Waals surface area contributed by atoms with Crippen molar-refractivity contribution in [2.24, 2.45) is 0 Å². The second kappa shape index (κ2) is 8.72. The van der Waals surface area contributed by atoms with Gasteiger partial charge in [0.25, 0.3) is 0 Å². The fourth-order valence-corrected chi connectivity index (χ4v) is 5.00. The zero-order chi connectivity index (χ0) is 22.1. The fourth-order valence-electron chi connectivity index (χ4n) is 3.93. The van der Waals surface area contributed by atoms with Crippen molar-refractivity contribution in [3.8, 4) is 11.4 Å². The summed E-state index contributed by atoms with van der Waals surface area (Å²) >= 11 is 1.68. The SMILES string of the molecule is COc1cc(Nc2nc3c(s2)CN(Cc2ccc(F)cc2)CC3)ccc1-n1cnc(C)c1. The molecule has 0 radical (unpaired) electrons. The topological polar surface area (TPSA) is 55.2 Å². The molecule has 0 fully saturated rings. The molecule has 0 amide bonds. The van der Waals surface area contributed by atoms with Gasteiger partial charge in [0.2, 0.25) is 0 Å². The summed E-state index contributed by atoms with van der Waals surface area (Å²) < 4.78 is 20.7.